The maximum Gasteiger partial charge on any atom is 0.270 e. The Hall–Kier alpha value is -2.13. The van der Waals surface area contributed by atoms with E-state index in [1.807, 2.05) is 24.6 Å². The molecule has 0 radical (unpaired) electrons. The van der Waals surface area contributed by atoms with E-state index in [-0.39, 0.29) is 17.6 Å². The lowest BCUT2D eigenvalue weighted by Gasteiger charge is -2.39. The topological polar surface area (TPSA) is 67.4 Å². The highest BCUT2D eigenvalue weighted by Gasteiger charge is 2.42. The van der Waals surface area contributed by atoms with Crippen molar-refractivity contribution in [2.24, 2.45) is 0 Å². The fraction of sp³-hybridized carbons (Fsp3) is 0.458. The van der Waals surface area contributed by atoms with Crippen LogP contribution >= 0.6 is 22.7 Å². The summed E-state index contributed by atoms with van der Waals surface area (Å²) in [6.07, 6.45) is 6.30. The van der Waals surface area contributed by atoms with Gasteiger partial charge in [0, 0.05) is 48.2 Å². The molecule has 1 spiro atoms. The Morgan fingerprint density at radius 2 is 2.06 bits per heavy atom. The van der Waals surface area contributed by atoms with Gasteiger partial charge in [-0.2, -0.15) is 0 Å². The summed E-state index contributed by atoms with van der Waals surface area (Å²) in [4.78, 5) is 25.0. The molecule has 1 N–H and O–H groups in total. The molecule has 1 unspecified atom stereocenters. The van der Waals surface area contributed by atoms with E-state index < -0.39 is 0 Å². The number of benzene rings is 1. The SMILES string of the molecule is Cc1nc(C(=O)NCC2CCC3(CCN(Cc4cnc(-c5ccccc5)s4)CC3)O2)cs1. The molecule has 2 aliphatic rings. The second-order valence-electron chi connectivity index (χ2n) is 8.70. The number of rotatable bonds is 6. The molecule has 2 aromatic heterocycles. The van der Waals surface area contributed by atoms with Gasteiger partial charge in [-0.3, -0.25) is 9.69 Å². The number of aryl methyl sites for hydroxylation is 1. The van der Waals surface area contributed by atoms with Crippen LogP contribution in [0.1, 0.15) is 46.1 Å². The third-order valence-corrected chi connectivity index (χ3v) is 8.21. The third-order valence-electron chi connectivity index (χ3n) is 6.40. The highest BCUT2D eigenvalue weighted by atomic mass is 32.1. The van der Waals surface area contributed by atoms with Crippen molar-refractivity contribution < 1.29 is 9.53 Å². The molecule has 1 amide bonds. The fourth-order valence-corrected chi connectivity index (χ4v) is 6.16. The number of piperidine rings is 1. The highest BCUT2D eigenvalue weighted by Crippen LogP contribution is 2.39. The van der Waals surface area contributed by atoms with Gasteiger partial charge >= 0.3 is 0 Å². The van der Waals surface area contributed by atoms with E-state index in [1.54, 1.807) is 11.3 Å². The smallest absolute Gasteiger partial charge is 0.270 e. The molecule has 2 aliphatic heterocycles. The molecule has 0 bridgehead atoms. The van der Waals surface area contributed by atoms with Gasteiger partial charge in [-0.25, -0.2) is 9.97 Å². The van der Waals surface area contributed by atoms with Crippen LogP contribution in [0.15, 0.2) is 41.9 Å². The lowest BCUT2D eigenvalue weighted by molar-refractivity contribution is -0.0763. The number of carbonyl (C=O) groups is 1. The Morgan fingerprint density at radius 1 is 1.25 bits per heavy atom. The molecule has 32 heavy (non-hydrogen) atoms. The number of amides is 1. The average molecular weight is 469 g/mol. The maximum absolute atomic E-state index is 12.3. The molecule has 5 rings (SSSR count). The van der Waals surface area contributed by atoms with Crippen LogP contribution in [0.5, 0.6) is 0 Å². The Bertz CT molecular complexity index is 1060. The zero-order chi connectivity index (χ0) is 22.0. The third kappa shape index (κ3) is 4.93. The molecule has 168 valence electrons. The maximum atomic E-state index is 12.3. The largest absolute Gasteiger partial charge is 0.370 e. The fourth-order valence-electron chi connectivity index (χ4n) is 4.61. The molecular formula is C24H28N4O2S2. The summed E-state index contributed by atoms with van der Waals surface area (Å²) < 4.78 is 6.47. The number of aromatic nitrogens is 2. The summed E-state index contributed by atoms with van der Waals surface area (Å²) in [5.41, 5.74) is 1.67. The predicted octanol–water partition coefficient (Wildman–Crippen LogP) is 4.52. The first kappa shape index (κ1) is 21.7. The molecule has 2 fully saturated rings. The number of carbonyl (C=O) groups excluding carboxylic acids is 1. The van der Waals surface area contributed by atoms with Gasteiger partial charge in [0.2, 0.25) is 0 Å². The molecule has 4 heterocycles. The van der Waals surface area contributed by atoms with Gasteiger partial charge in [0.05, 0.1) is 16.7 Å². The number of thiazole rings is 2. The Morgan fingerprint density at radius 3 is 2.81 bits per heavy atom. The van der Waals surface area contributed by atoms with E-state index in [1.165, 1.54) is 21.8 Å². The first-order chi connectivity index (χ1) is 15.6. The Labute approximate surface area is 196 Å². The van der Waals surface area contributed by atoms with Crippen molar-refractivity contribution >= 4 is 28.6 Å². The number of ether oxygens (including phenoxy) is 1. The van der Waals surface area contributed by atoms with Crippen LogP contribution in [0.2, 0.25) is 0 Å². The summed E-state index contributed by atoms with van der Waals surface area (Å²) in [6, 6.07) is 10.4. The minimum absolute atomic E-state index is 0.0218. The predicted molar refractivity (Wildman–Crippen MR) is 128 cm³/mol. The lowest BCUT2D eigenvalue weighted by Crippen LogP contribution is -2.44. The van der Waals surface area contributed by atoms with Crippen LogP contribution in [-0.2, 0) is 11.3 Å². The Balaban J connectivity index is 1.09. The standard InChI is InChI=1S/C24H28N4O2S2/c1-17-27-21(16-31-17)22(29)25-13-19-7-8-24(30-19)9-11-28(12-10-24)15-20-14-26-23(32-20)18-5-3-2-4-6-18/h2-6,14,16,19H,7-13,15H2,1H3,(H,25,29). The van der Waals surface area contributed by atoms with Crippen molar-refractivity contribution in [1.29, 1.82) is 0 Å². The van der Waals surface area contributed by atoms with Crippen molar-refractivity contribution in [3.05, 3.63) is 57.5 Å². The van der Waals surface area contributed by atoms with Crippen molar-refractivity contribution in [3.63, 3.8) is 0 Å². The van der Waals surface area contributed by atoms with E-state index in [0.29, 0.717) is 12.2 Å². The molecule has 1 atom stereocenters. The van der Waals surface area contributed by atoms with E-state index in [4.69, 9.17) is 4.74 Å². The molecule has 0 saturated carbocycles. The van der Waals surface area contributed by atoms with Gasteiger partial charge < -0.3 is 10.1 Å². The average Bonchev–Trinajstić information content (AvgIpc) is 3.55. The second-order valence-corrected chi connectivity index (χ2v) is 10.9. The zero-order valence-corrected chi connectivity index (χ0v) is 19.9. The quantitative estimate of drug-likeness (QED) is 0.576. The van der Waals surface area contributed by atoms with E-state index in [0.717, 1.165) is 55.3 Å². The van der Waals surface area contributed by atoms with Gasteiger partial charge in [0.1, 0.15) is 10.7 Å². The minimum atomic E-state index is -0.104. The molecule has 8 heteroatoms. The van der Waals surface area contributed by atoms with E-state index >= 15 is 0 Å². The molecule has 0 aliphatic carbocycles. The van der Waals surface area contributed by atoms with Crippen LogP contribution in [0.4, 0.5) is 0 Å². The van der Waals surface area contributed by atoms with Crippen molar-refractivity contribution in [1.82, 2.24) is 20.2 Å². The number of hydrogen-bond acceptors (Lipinski definition) is 7. The van der Waals surface area contributed by atoms with Crippen LogP contribution in [0, 0.1) is 6.92 Å². The number of hydrogen-bond donors (Lipinski definition) is 1. The minimum Gasteiger partial charge on any atom is -0.370 e. The number of nitrogens with one attached hydrogen (secondary N) is 1. The normalized spacial score (nSPS) is 20.6. The van der Waals surface area contributed by atoms with Gasteiger partial charge in [-0.15, -0.1) is 22.7 Å². The van der Waals surface area contributed by atoms with Crippen LogP contribution in [0.3, 0.4) is 0 Å². The number of nitrogens with zero attached hydrogens (tertiary/aromatic N) is 3. The van der Waals surface area contributed by atoms with Crippen LogP contribution in [-0.4, -0.2) is 52.1 Å². The molecular weight excluding hydrogens is 440 g/mol. The summed E-state index contributed by atoms with van der Waals surface area (Å²) in [5, 5.41) is 6.81. The van der Waals surface area contributed by atoms with E-state index in [9.17, 15) is 4.79 Å². The van der Waals surface area contributed by atoms with Crippen LogP contribution < -0.4 is 5.32 Å². The van der Waals surface area contributed by atoms with Crippen LogP contribution in [0.25, 0.3) is 10.6 Å². The van der Waals surface area contributed by atoms with Crippen molar-refractivity contribution in [3.8, 4) is 10.6 Å². The van der Waals surface area contributed by atoms with Gasteiger partial charge in [-0.05, 0) is 32.6 Å². The summed E-state index contributed by atoms with van der Waals surface area (Å²) in [5.74, 6) is -0.104. The summed E-state index contributed by atoms with van der Waals surface area (Å²) in [7, 11) is 0. The lowest BCUT2D eigenvalue weighted by atomic mass is 9.88. The highest BCUT2D eigenvalue weighted by molar-refractivity contribution is 7.15. The monoisotopic (exact) mass is 468 g/mol. The van der Waals surface area contributed by atoms with Gasteiger partial charge in [0.25, 0.3) is 5.91 Å². The summed E-state index contributed by atoms with van der Waals surface area (Å²) in [6.45, 7) is 5.50. The first-order valence-corrected chi connectivity index (χ1v) is 12.9. The zero-order valence-electron chi connectivity index (χ0n) is 18.3. The molecule has 3 aromatic rings. The van der Waals surface area contributed by atoms with Crippen molar-refractivity contribution in [2.75, 3.05) is 19.6 Å². The molecule has 6 nitrogen and oxygen atoms in total. The van der Waals surface area contributed by atoms with Gasteiger partial charge in [-0.1, -0.05) is 30.3 Å². The Kier molecular flexibility index (Phi) is 6.37. The first-order valence-electron chi connectivity index (χ1n) is 11.2. The van der Waals surface area contributed by atoms with E-state index in [2.05, 4.69) is 44.5 Å². The van der Waals surface area contributed by atoms with Gasteiger partial charge in [0.15, 0.2) is 0 Å². The second kappa shape index (κ2) is 9.39. The van der Waals surface area contributed by atoms with Crippen molar-refractivity contribution in [2.45, 2.75) is 50.9 Å². The summed E-state index contributed by atoms with van der Waals surface area (Å²) >= 11 is 3.28. The number of likely N-dealkylation sites (tertiary alicyclic amines) is 1. The molecule has 1 aromatic carbocycles. The molecule has 2 saturated heterocycles.